The highest BCUT2D eigenvalue weighted by Gasteiger charge is 2.21. The van der Waals surface area contributed by atoms with Gasteiger partial charge in [0.2, 0.25) is 0 Å². The predicted molar refractivity (Wildman–Crippen MR) is 127 cm³/mol. The SMILES string of the molecule is CN=CC(C=N)c1cnc2[nH]cc(C(=O)c3cc(NS(=O)(=O)c4cccnc4)ccc3F)c2c1. The van der Waals surface area contributed by atoms with Gasteiger partial charge in [0, 0.05) is 60.9 Å². The second-order valence-electron chi connectivity index (χ2n) is 7.28. The molecule has 34 heavy (non-hydrogen) atoms. The number of H-pyrrole nitrogens is 1. The monoisotopic (exact) mass is 478 g/mol. The number of aliphatic imine (C=N–C) groups is 1. The Bertz CT molecular complexity index is 1520. The Morgan fingerprint density at radius 3 is 2.76 bits per heavy atom. The van der Waals surface area contributed by atoms with E-state index >= 15 is 0 Å². The molecule has 0 fully saturated rings. The average Bonchev–Trinajstić information content (AvgIpc) is 3.27. The maximum atomic E-state index is 14.6. The molecule has 0 saturated heterocycles. The Balaban J connectivity index is 1.71. The summed E-state index contributed by atoms with van der Waals surface area (Å²) in [5.74, 6) is -1.88. The first-order valence-corrected chi connectivity index (χ1v) is 11.5. The van der Waals surface area contributed by atoms with Crippen LogP contribution in [-0.4, -0.2) is 48.6 Å². The van der Waals surface area contributed by atoms with E-state index in [4.69, 9.17) is 5.41 Å². The zero-order valence-electron chi connectivity index (χ0n) is 17.9. The maximum absolute atomic E-state index is 14.6. The number of hydrogen-bond donors (Lipinski definition) is 3. The van der Waals surface area contributed by atoms with Crippen molar-refractivity contribution in [2.75, 3.05) is 11.8 Å². The van der Waals surface area contributed by atoms with Crippen molar-refractivity contribution in [1.82, 2.24) is 15.0 Å². The lowest BCUT2D eigenvalue weighted by atomic mass is 9.99. The van der Waals surface area contributed by atoms with Gasteiger partial charge >= 0.3 is 0 Å². The Kier molecular flexibility index (Phi) is 6.28. The van der Waals surface area contributed by atoms with Crippen molar-refractivity contribution < 1.29 is 17.6 Å². The average molecular weight is 479 g/mol. The van der Waals surface area contributed by atoms with Crippen LogP contribution in [0.1, 0.15) is 27.4 Å². The van der Waals surface area contributed by atoms with Crippen LogP contribution >= 0.6 is 0 Å². The summed E-state index contributed by atoms with van der Waals surface area (Å²) < 4.78 is 42.2. The van der Waals surface area contributed by atoms with Crippen LogP contribution in [-0.2, 0) is 10.0 Å². The van der Waals surface area contributed by atoms with Crippen molar-refractivity contribution in [3.05, 3.63) is 83.7 Å². The molecule has 0 amide bonds. The molecule has 4 rings (SSSR count). The topological polar surface area (TPSA) is 141 Å². The summed E-state index contributed by atoms with van der Waals surface area (Å²) >= 11 is 0. The van der Waals surface area contributed by atoms with E-state index in [9.17, 15) is 17.6 Å². The largest absolute Gasteiger partial charge is 0.345 e. The first-order valence-electron chi connectivity index (χ1n) is 10.0. The third-order valence-electron chi connectivity index (χ3n) is 5.08. The van der Waals surface area contributed by atoms with Crippen LogP contribution in [0.15, 0.2) is 71.1 Å². The summed E-state index contributed by atoms with van der Waals surface area (Å²) in [7, 11) is -2.39. The molecule has 3 aromatic heterocycles. The minimum atomic E-state index is -3.98. The van der Waals surface area contributed by atoms with E-state index in [0.29, 0.717) is 16.6 Å². The van der Waals surface area contributed by atoms with Gasteiger partial charge in [-0.3, -0.25) is 19.5 Å². The van der Waals surface area contributed by atoms with Crippen molar-refractivity contribution >= 4 is 45.0 Å². The summed E-state index contributed by atoms with van der Waals surface area (Å²) in [6.07, 6.45) is 8.37. The van der Waals surface area contributed by atoms with E-state index in [0.717, 1.165) is 12.1 Å². The number of carbonyl (C=O) groups excluding carboxylic acids is 1. The van der Waals surface area contributed by atoms with Crippen molar-refractivity contribution in [3.63, 3.8) is 0 Å². The molecular formula is C23H19FN6O3S. The highest BCUT2D eigenvalue weighted by Crippen LogP contribution is 2.26. The lowest BCUT2D eigenvalue weighted by molar-refractivity contribution is 0.103. The molecule has 0 bridgehead atoms. The molecule has 3 heterocycles. The molecule has 4 aromatic rings. The molecule has 3 N–H and O–H groups in total. The Morgan fingerprint density at radius 2 is 2.06 bits per heavy atom. The van der Waals surface area contributed by atoms with Gasteiger partial charge in [0.15, 0.2) is 5.78 Å². The van der Waals surface area contributed by atoms with Gasteiger partial charge < -0.3 is 10.4 Å². The van der Waals surface area contributed by atoms with Gasteiger partial charge in [-0.25, -0.2) is 17.8 Å². The first kappa shape index (κ1) is 22.9. The van der Waals surface area contributed by atoms with Crippen LogP contribution in [0.5, 0.6) is 0 Å². The summed E-state index contributed by atoms with van der Waals surface area (Å²) in [5.41, 5.74) is 0.928. The van der Waals surface area contributed by atoms with E-state index in [1.807, 2.05) is 0 Å². The molecule has 1 aromatic carbocycles. The van der Waals surface area contributed by atoms with Gasteiger partial charge in [0.05, 0.1) is 11.5 Å². The second kappa shape index (κ2) is 9.32. The standard InChI is InChI=1S/C23H19FN6O3S/c1-26-10-15(9-25)14-7-18-20(13-29-23(18)28-11-14)22(31)19-8-16(4-5-21(19)24)30-34(32,33)17-3-2-6-27-12-17/h2-13,15,25,30H,1H3,(H,28,29). The van der Waals surface area contributed by atoms with Gasteiger partial charge in [0.25, 0.3) is 10.0 Å². The number of aromatic amines is 1. The number of rotatable bonds is 8. The minimum Gasteiger partial charge on any atom is -0.345 e. The molecule has 0 radical (unpaired) electrons. The van der Waals surface area contributed by atoms with Crippen LogP contribution < -0.4 is 4.72 Å². The van der Waals surface area contributed by atoms with Crippen LogP contribution in [0.4, 0.5) is 10.1 Å². The summed E-state index contributed by atoms with van der Waals surface area (Å²) in [6, 6.07) is 7.93. The van der Waals surface area contributed by atoms with Gasteiger partial charge in [-0.05, 0) is 42.0 Å². The highest BCUT2D eigenvalue weighted by molar-refractivity contribution is 7.92. The predicted octanol–water partition coefficient (Wildman–Crippen LogP) is 3.56. The van der Waals surface area contributed by atoms with E-state index in [1.165, 1.54) is 43.0 Å². The van der Waals surface area contributed by atoms with Gasteiger partial charge in [-0.2, -0.15) is 0 Å². The Morgan fingerprint density at radius 1 is 1.24 bits per heavy atom. The lowest BCUT2D eigenvalue weighted by Crippen LogP contribution is -2.14. The number of halogens is 1. The quantitative estimate of drug-likeness (QED) is 0.262. The molecule has 1 unspecified atom stereocenters. The van der Waals surface area contributed by atoms with E-state index < -0.39 is 27.5 Å². The van der Waals surface area contributed by atoms with Crippen LogP contribution in [0, 0.1) is 11.2 Å². The molecule has 0 aliphatic rings. The molecule has 0 aliphatic heterocycles. The summed E-state index contributed by atoms with van der Waals surface area (Å²) in [4.78, 5) is 28.1. The van der Waals surface area contributed by atoms with Crippen molar-refractivity contribution in [2.45, 2.75) is 10.8 Å². The van der Waals surface area contributed by atoms with Gasteiger partial charge in [-0.1, -0.05) is 0 Å². The summed E-state index contributed by atoms with van der Waals surface area (Å²) in [6.45, 7) is 0. The number of hydrogen-bond acceptors (Lipinski definition) is 7. The number of carbonyl (C=O) groups is 1. The number of aromatic nitrogens is 3. The van der Waals surface area contributed by atoms with E-state index in [-0.39, 0.29) is 21.7 Å². The number of anilines is 1. The lowest BCUT2D eigenvalue weighted by Gasteiger charge is -2.10. The number of pyridine rings is 2. The van der Waals surface area contributed by atoms with E-state index in [1.54, 1.807) is 25.5 Å². The normalized spacial score (nSPS) is 12.6. The van der Waals surface area contributed by atoms with Crippen molar-refractivity contribution in [3.8, 4) is 0 Å². The number of sulfonamides is 1. The second-order valence-corrected chi connectivity index (χ2v) is 8.97. The molecule has 11 heteroatoms. The number of ketones is 1. The molecule has 9 nitrogen and oxygen atoms in total. The van der Waals surface area contributed by atoms with E-state index in [2.05, 4.69) is 24.7 Å². The maximum Gasteiger partial charge on any atom is 0.263 e. The van der Waals surface area contributed by atoms with Gasteiger partial charge in [0.1, 0.15) is 16.4 Å². The fourth-order valence-electron chi connectivity index (χ4n) is 3.40. The third kappa shape index (κ3) is 4.46. The fourth-order valence-corrected chi connectivity index (χ4v) is 4.42. The van der Waals surface area contributed by atoms with Crippen molar-refractivity contribution in [2.24, 2.45) is 4.99 Å². The number of nitrogens with zero attached hydrogens (tertiary/aromatic N) is 3. The molecular weight excluding hydrogens is 459 g/mol. The zero-order chi connectivity index (χ0) is 24.3. The molecule has 1 atom stereocenters. The number of benzene rings is 1. The minimum absolute atomic E-state index is 0.0234. The van der Waals surface area contributed by atoms with Crippen LogP contribution in [0.2, 0.25) is 0 Å². The molecule has 0 spiro atoms. The summed E-state index contributed by atoms with van der Waals surface area (Å²) in [5, 5.41) is 8.05. The van der Waals surface area contributed by atoms with Crippen LogP contribution in [0.25, 0.3) is 11.0 Å². The number of fused-ring (bicyclic) bond motifs is 1. The van der Waals surface area contributed by atoms with Crippen LogP contribution in [0.3, 0.4) is 0 Å². The first-order chi connectivity index (χ1) is 16.3. The number of nitrogens with one attached hydrogen (secondary N) is 3. The highest BCUT2D eigenvalue weighted by atomic mass is 32.2. The molecule has 0 saturated carbocycles. The Labute approximate surface area is 194 Å². The molecule has 0 aliphatic carbocycles. The fraction of sp³-hybridized carbons (Fsp3) is 0.0870. The third-order valence-corrected chi connectivity index (χ3v) is 6.45. The van der Waals surface area contributed by atoms with Gasteiger partial charge in [-0.15, -0.1) is 0 Å². The van der Waals surface area contributed by atoms with Crippen molar-refractivity contribution in [1.29, 1.82) is 5.41 Å². The molecule has 172 valence electrons. The Hall–Kier alpha value is -4.25. The smallest absolute Gasteiger partial charge is 0.263 e. The zero-order valence-corrected chi connectivity index (χ0v) is 18.7.